The summed E-state index contributed by atoms with van der Waals surface area (Å²) in [6.45, 7) is 12.4. The summed E-state index contributed by atoms with van der Waals surface area (Å²) in [4.78, 5) is 2.58. The predicted molar refractivity (Wildman–Crippen MR) is 67.2 cm³/mol. The second kappa shape index (κ2) is 5.66. The first-order valence-electron chi connectivity index (χ1n) is 6.17. The summed E-state index contributed by atoms with van der Waals surface area (Å²) in [5.41, 5.74) is 0.235. The zero-order valence-corrected chi connectivity index (χ0v) is 10.7. The minimum atomic E-state index is 0.235. The minimum absolute atomic E-state index is 0.235. The Bertz CT molecular complexity index is 203. The number of hydrogen-bond acceptors (Lipinski definition) is 2. The number of hydrogen-bond donors (Lipinski definition) is 1. The van der Waals surface area contributed by atoms with Gasteiger partial charge < -0.3 is 5.32 Å². The van der Waals surface area contributed by atoms with E-state index in [-0.39, 0.29) is 5.54 Å². The average Bonchev–Trinajstić information content (AvgIpc) is 2.19. The van der Waals surface area contributed by atoms with Crippen LogP contribution in [0.3, 0.4) is 0 Å². The topological polar surface area (TPSA) is 15.3 Å². The van der Waals surface area contributed by atoms with Crippen molar-refractivity contribution in [3.8, 4) is 0 Å². The summed E-state index contributed by atoms with van der Waals surface area (Å²) >= 11 is 0. The maximum atomic E-state index is 3.60. The lowest BCUT2D eigenvalue weighted by Crippen LogP contribution is -2.48. The molecule has 1 N–H and O–H groups in total. The van der Waals surface area contributed by atoms with Gasteiger partial charge in [0.15, 0.2) is 0 Å². The van der Waals surface area contributed by atoms with E-state index in [0.29, 0.717) is 6.04 Å². The van der Waals surface area contributed by atoms with Crippen molar-refractivity contribution in [1.82, 2.24) is 10.2 Å². The summed E-state index contributed by atoms with van der Waals surface area (Å²) in [5.74, 6) is 0. The molecule has 1 rings (SSSR count). The van der Waals surface area contributed by atoms with E-state index in [0.717, 1.165) is 13.1 Å². The van der Waals surface area contributed by atoms with Crippen LogP contribution in [0.2, 0.25) is 0 Å². The van der Waals surface area contributed by atoms with E-state index in [4.69, 9.17) is 0 Å². The van der Waals surface area contributed by atoms with Crippen molar-refractivity contribution >= 4 is 0 Å². The molecule has 0 radical (unpaired) electrons. The highest BCUT2D eigenvalue weighted by atomic mass is 15.2. The van der Waals surface area contributed by atoms with Crippen LogP contribution < -0.4 is 5.32 Å². The molecule has 1 atom stereocenters. The first-order valence-corrected chi connectivity index (χ1v) is 6.17. The first-order chi connectivity index (χ1) is 7.03. The van der Waals surface area contributed by atoms with Crippen molar-refractivity contribution in [2.24, 2.45) is 0 Å². The molecule has 88 valence electrons. The lowest BCUT2D eigenvalue weighted by atomic mass is 10.1. The molecular formula is C13H26N2. The highest BCUT2D eigenvalue weighted by molar-refractivity contribution is 4.93. The molecule has 1 aliphatic rings. The quantitative estimate of drug-likeness (QED) is 0.717. The van der Waals surface area contributed by atoms with Crippen molar-refractivity contribution in [2.75, 3.05) is 19.6 Å². The fourth-order valence-electron chi connectivity index (χ4n) is 1.95. The van der Waals surface area contributed by atoms with Crippen LogP contribution in [-0.4, -0.2) is 36.1 Å². The maximum absolute atomic E-state index is 3.60. The molecule has 0 aliphatic carbocycles. The summed E-state index contributed by atoms with van der Waals surface area (Å²) < 4.78 is 0. The summed E-state index contributed by atoms with van der Waals surface area (Å²) in [6.07, 6.45) is 7.03. The molecule has 0 aromatic heterocycles. The van der Waals surface area contributed by atoms with Gasteiger partial charge >= 0.3 is 0 Å². The molecule has 0 bridgehead atoms. The molecule has 1 unspecified atom stereocenters. The summed E-state index contributed by atoms with van der Waals surface area (Å²) in [6, 6.07) is 0.689. The van der Waals surface area contributed by atoms with Gasteiger partial charge in [0, 0.05) is 31.2 Å². The van der Waals surface area contributed by atoms with Crippen LogP contribution in [0.1, 0.15) is 40.5 Å². The third-order valence-electron chi connectivity index (χ3n) is 2.95. The third-order valence-corrected chi connectivity index (χ3v) is 2.95. The Labute approximate surface area is 94.7 Å². The van der Waals surface area contributed by atoms with Crippen LogP contribution in [0.15, 0.2) is 12.2 Å². The smallest absolute Gasteiger partial charge is 0.0221 e. The molecule has 1 heterocycles. The van der Waals surface area contributed by atoms with E-state index in [1.807, 2.05) is 0 Å². The maximum Gasteiger partial charge on any atom is 0.0221 e. The lowest BCUT2D eigenvalue weighted by Gasteiger charge is -2.34. The second-order valence-electron chi connectivity index (χ2n) is 5.45. The van der Waals surface area contributed by atoms with Gasteiger partial charge in [-0.15, -0.1) is 0 Å². The highest BCUT2D eigenvalue weighted by Crippen LogP contribution is 2.10. The zero-order chi connectivity index (χ0) is 11.3. The largest absolute Gasteiger partial charge is 0.311 e. The fourth-order valence-corrected chi connectivity index (χ4v) is 1.95. The highest BCUT2D eigenvalue weighted by Gasteiger charge is 2.19. The molecule has 0 aromatic rings. The van der Waals surface area contributed by atoms with Crippen molar-refractivity contribution in [3.05, 3.63) is 12.2 Å². The van der Waals surface area contributed by atoms with Crippen molar-refractivity contribution in [3.63, 3.8) is 0 Å². The Hall–Kier alpha value is -0.340. The van der Waals surface area contributed by atoms with Gasteiger partial charge in [0.05, 0.1) is 0 Å². The second-order valence-corrected chi connectivity index (χ2v) is 5.45. The monoisotopic (exact) mass is 210 g/mol. The van der Waals surface area contributed by atoms with Gasteiger partial charge in [-0.05, 0) is 33.6 Å². The Balaban J connectivity index is 2.38. The van der Waals surface area contributed by atoms with Gasteiger partial charge in [-0.25, -0.2) is 0 Å². The number of rotatable bonds is 4. The van der Waals surface area contributed by atoms with Crippen molar-refractivity contribution < 1.29 is 0 Å². The Kier molecular flexibility index (Phi) is 4.81. The van der Waals surface area contributed by atoms with Crippen LogP contribution in [0.5, 0.6) is 0 Å². The van der Waals surface area contributed by atoms with Crippen molar-refractivity contribution in [1.29, 1.82) is 0 Å². The fraction of sp³-hybridized carbons (Fsp3) is 0.846. The van der Waals surface area contributed by atoms with E-state index >= 15 is 0 Å². The minimum Gasteiger partial charge on any atom is -0.311 e. The van der Waals surface area contributed by atoms with Gasteiger partial charge in [0.1, 0.15) is 0 Å². The Morgan fingerprint density at radius 3 is 2.53 bits per heavy atom. The molecule has 0 spiro atoms. The molecule has 2 heteroatoms. The number of nitrogens with zero attached hydrogens (tertiary/aromatic N) is 1. The molecule has 15 heavy (non-hydrogen) atoms. The van der Waals surface area contributed by atoms with Gasteiger partial charge in [0.25, 0.3) is 0 Å². The molecular weight excluding hydrogens is 184 g/mol. The van der Waals surface area contributed by atoms with E-state index in [1.165, 1.54) is 19.4 Å². The van der Waals surface area contributed by atoms with Crippen LogP contribution in [0.25, 0.3) is 0 Å². The van der Waals surface area contributed by atoms with E-state index in [1.54, 1.807) is 0 Å². The van der Waals surface area contributed by atoms with Gasteiger partial charge in [-0.1, -0.05) is 19.1 Å². The SMILES string of the molecule is CCC(CNC(C)(C)C)N1CC=CCC1. The molecule has 2 nitrogen and oxygen atoms in total. The molecule has 1 aliphatic heterocycles. The normalized spacial score (nSPS) is 20.5. The van der Waals surface area contributed by atoms with E-state index < -0.39 is 0 Å². The van der Waals surface area contributed by atoms with Crippen LogP contribution in [0, 0.1) is 0 Å². The van der Waals surface area contributed by atoms with Gasteiger partial charge in [-0.2, -0.15) is 0 Å². The first kappa shape index (κ1) is 12.7. The standard InChI is InChI=1S/C13H26N2/c1-5-12(11-14-13(2,3)4)15-9-7-6-8-10-15/h6-7,12,14H,5,8-11H2,1-4H3. The Morgan fingerprint density at radius 1 is 1.33 bits per heavy atom. The average molecular weight is 210 g/mol. The van der Waals surface area contributed by atoms with Crippen LogP contribution in [0.4, 0.5) is 0 Å². The molecule has 0 fully saturated rings. The van der Waals surface area contributed by atoms with E-state index in [2.05, 4.69) is 50.1 Å². The van der Waals surface area contributed by atoms with Gasteiger partial charge in [-0.3, -0.25) is 4.90 Å². The lowest BCUT2D eigenvalue weighted by molar-refractivity contribution is 0.192. The van der Waals surface area contributed by atoms with Crippen LogP contribution in [-0.2, 0) is 0 Å². The third kappa shape index (κ3) is 4.80. The Morgan fingerprint density at radius 2 is 2.07 bits per heavy atom. The number of nitrogens with one attached hydrogen (secondary N) is 1. The molecule has 0 saturated carbocycles. The van der Waals surface area contributed by atoms with Gasteiger partial charge in [0.2, 0.25) is 0 Å². The molecule has 0 aromatic carbocycles. The summed E-state index contributed by atoms with van der Waals surface area (Å²) in [5, 5.41) is 3.60. The molecule has 0 saturated heterocycles. The molecule has 0 amide bonds. The predicted octanol–water partition coefficient (Wildman–Crippen LogP) is 2.42. The zero-order valence-electron chi connectivity index (χ0n) is 10.7. The summed E-state index contributed by atoms with van der Waals surface area (Å²) in [7, 11) is 0. The van der Waals surface area contributed by atoms with Crippen molar-refractivity contribution in [2.45, 2.75) is 52.1 Å². The van der Waals surface area contributed by atoms with E-state index in [9.17, 15) is 0 Å². The van der Waals surface area contributed by atoms with Crippen LogP contribution >= 0.6 is 0 Å².